The van der Waals surface area contributed by atoms with Crippen LogP contribution in [0.1, 0.15) is 26.3 Å². The van der Waals surface area contributed by atoms with Gasteiger partial charge in [-0.15, -0.1) is 24.0 Å². The predicted molar refractivity (Wildman–Crippen MR) is 112 cm³/mol. The van der Waals surface area contributed by atoms with Crippen molar-refractivity contribution in [2.45, 2.75) is 33.8 Å². The third-order valence-corrected chi connectivity index (χ3v) is 3.45. The predicted octanol–water partition coefficient (Wildman–Crippen LogP) is 2.74. The smallest absolute Gasteiger partial charge is 0.310 e. The Balaban J connectivity index is 0.00000576. The fraction of sp³-hybridized carbons (Fsp3) is 0.556. The first-order valence-electron chi connectivity index (χ1n) is 8.30. The van der Waals surface area contributed by atoms with Crippen LogP contribution in [0.3, 0.4) is 0 Å². The molecule has 0 saturated carbocycles. The summed E-state index contributed by atoms with van der Waals surface area (Å²) in [5.74, 6) is 1.01. The molecule has 142 valence electrons. The third kappa shape index (κ3) is 8.94. The van der Waals surface area contributed by atoms with E-state index in [1.165, 1.54) is 7.11 Å². The number of rotatable bonds is 8. The zero-order valence-electron chi connectivity index (χ0n) is 15.7. The maximum atomic E-state index is 11.4. The molecular weight excluding hydrogens is 433 g/mol. The number of esters is 1. The van der Waals surface area contributed by atoms with Crippen LogP contribution in [0.25, 0.3) is 0 Å². The lowest BCUT2D eigenvalue weighted by Crippen LogP contribution is -2.42. The molecule has 2 atom stereocenters. The van der Waals surface area contributed by atoms with E-state index in [0.717, 1.165) is 17.9 Å². The Morgan fingerprint density at radius 2 is 1.92 bits per heavy atom. The Kier molecular flexibility index (Phi) is 12.0. The number of aliphatic imine (C=N–C) groups is 1. The molecule has 2 unspecified atom stereocenters. The average molecular weight is 463 g/mol. The van der Waals surface area contributed by atoms with Gasteiger partial charge in [-0.25, -0.2) is 0 Å². The summed E-state index contributed by atoms with van der Waals surface area (Å²) in [4.78, 5) is 15.8. The van der Waals surface area contributed by atoms with Crippen LogP contribution in [0, 0.1) is 12.8 Å². The van der Waals surface area contributed by atoms with Crippen LogP contribution in [0.2, 0.25) is 0 Å². The van der Waals surface area contributed by atoms with E-state index in [1.807, 2.05) is 45.0 Å². The number of nitrogens with zero attached hydrogens (tertiary/aromatic N) is 1. The first-order valence-corrected chi connectivity index (χ1v) is 8.30. The van der Waals surface area contributed by atoms with E-state index in [0.29, 0.717) is 19.0 Å². The van der Waals surface area contributed by atoms with Gasteiger partial charge in [-0.3, -0.25) is 9.79 Å². The second-order valence-electron chi connectivity index (χ2n) is 5.72. The van der Waals surface area contributed by atoms with Crippen molar-refractivity contribution in [3.8, 4) is 5.75 Å². The first kappa shape index (κ1) is 23.5. The van der Waals surface area contributed by atoms with E-state index in [1.54, 1.807) is 6.92 Å². The van der Waals surface area contributed by atoms with Crippen LogP contribution in [-0.4, -0.2) is 44.8 Å². The first-order chi connectivity index (χ1) is 11.5. The van der Waals surface area contributed by atoms with Crippen LogP contribution in [0.5, 0.6) is 5.75 Å². The maximum absolute atomic E-state index is 11.4. The molecule has 0 heterocycles. The lowest BCUT2D eigenvalue weighted by molar-refractivity contribution is -0.144. The van der Waals surface area contributed by atoms with E-state index in [4.69, 9.17) is 9.47 Å². The van der Waals surface area contributed by atoms with E-state index < -0.39 is 0 Å². The molecule has 1 aromatic carbocycles. The fourth-order valence-electron chi connectivity index (χ4n) is 2.03. The molecule has 0 amide bonds. The fourth-order valence-corrected chi connectivity index (χ4v) is 2.03. The number of para-hydroxylation sites is 1. The molecule has 0 spiro atoms. The van der Waals surface area contributed by atoms with Crippen LogP contribution in [0.4, 0.5) is 0 Å². The Morgan fingerprint density at radius 1 is 1.24 bits per heavy atom. The number of hydrogen-bond acceptors (Lipinski definition) is 4. The highest BCUT2D eigenvalue weighted by atomic mass is 127. The molecule has 25 heavy (non-hydrogen) atoms. The zero-order chi connectivity index (χ0) is 17.9. The molecule has 0 saturated heterocycles. The number of methoxy groups -OCH3 is 1. The summed E-state index contributed by atoms with van der Waals surface area (Å²) >= 11 is 0. The quantitative estimate of drug-likeness (QED) is 0.269. The standard InChI is InChI=1S/C18H29N3O3.HI/c1-6-19-18(20-11-14(3)17(22)23-5)21-12-15(4)24-16-10-8-7-9-13(16)2;/h7-10,14-15H,6,11-12H2,1-5H3,(H2,19,20,21);1H. The molecule has 0 bridgehead atoms. The summed E-state index contributed by atoms with van der Waals surface area (Å²) in [6.07, 6.45) is -0.0204. The molecular formula is C18H30IN3O3. The van der Waals surface area contributed by atoms with Gasteiger partial charge in [0.15, 0.2) is 5.96 Å². The molecule has 0 fully saturated rings. The zero-order valence-corrected chi connectivity index (χ0v) is 18.0. The van der Waals surface area contributed by atoms with Crippen molar-refractivity contribution in [1.82, 2.24) is 10.6 Å². The normalized spacial score (nSPS) is 13.2. The molecule has 7 heteroatoms. The van der Waals surface area contributed by atoms with Gasteiger partial charge in [0.2, 0.25) is 0 Å². The molecule has 1 aromatic rings. The molecule has 6 nitrogen and oxygen atoms in total. The van der Waals surface area contributed by atoms with Gasteiger partial charge < -0.3 is 20.1 Å². The molecule has 1 rings (SSSR count). The van der Waals surface area contributed by atoms with E-state index >= 15 is 0 Å². The van der Waals surface area contributed by atoms with Gasteiger partial charge in [0.05, 0.1) is 26.1 Å². The van der Waals surface area contributed by atoms with Crippen molar-refractivity contribution in [1.29, 1.82) is 0 Å². The minimum Gasteiger partial charge on any atom is -0.489 e. The van der Waals surface area contributed by atoms with Gasteiger partial charge >= 0.3 is 5.97 Å². The van der Waals surface area contributed by atoms with Crippen molar-refractivity contribution in [2.75, 3.05) is 26.7 Å². The van der Waals surface area contributed by atoms with Crippen LogP contribution in [0.15, 0.2) is 29.3 Å². The Morgan fingerprint density at radius 3 is 2.52 bits per heavy atom. The summed E-state index contributed by atoms with van der Waals surface area (Å²) in [7, 11) is 1.39. The number of hydrogen-bond donors (Lipinski definition) is 2. The number of ether oxygens (including phenoxy) is 2. The van der Waals surface area contributed by atoms with Gasteiger partial charge in [-0.05, 0) is 32.4 Å². The lowest BCUT2D eigenvalue weighted by Gasteiger charge is -2.19. The van der Waals surface area contributed by atoms with Crippen molar-refractivity contribution in [2.24, 2.45) is 10.9 Å². The van der Waals surface area contributed by atoms with Gasteiger partial charge in [0.25, 0.3) is 0 Å². The largest absolute Gasteiger partial charge is 0.489 e. The summed E-state index contributed by atoms with van der Waals surface area (Å²) in [6.45, 7) is 9.53. The SMILES string of the molecule is CCNC(=NCC(C)C(=O)OC)NCC(C)Oc1ccccc1C.I. The van der Waals surface area contributed by atoms with Gasteiger partial charge in [-0.1, -0.05) is 25.1 Å². The van der Waals surface area contributed by atoms with Gasteiger partial charge in [0.1, 0.15) is 11.9 Å². The van der Waals surface area contributed by atoms with E-state index in [-0.39, 0.29) is 42.0 Å². The van der Waals surface area contributed by atoms with Crippen LogP contribution >= 0.6 is 24.0 Å². The van der Waals surface area contributed by atoms with E-state index in [9.17, 15) is 4.79 Å². The van der Waals surface area contributed by atoms with Crippen molar-refractivity contribution in [3.05, 3.63) is 29.8 Å². The molecule has 0 aliphatic heterocycles. The highest BCUT2D eigenvalue weighted by molar-refractivity contribution is 14.0. The van der Waals surface area contributed by atoms with Gasteiger partial charge in [-0.2, -0.15) is 0 Å². The molecule has 0 aliphatic rings. The molecule has 0 aromatic heterocycles. The van der Waals surface area contributed by atoms with Crippen LogP contribution < -0.4 is 15.4 Å². The summed E-state index contributed by atoms with van der Waals surface area (Å²) in [6, 6.07) is 7.93. The number of nitrogens with one attached hydrogen (secondary N) is 2. The average Bonchev–Trinajstić information content (AvgIpc) is 2.58. The molecule has 2 N–H and O–H groups in total. The number of aryl methyl sites for hydroxylation is 1. The number of carbonyl (C=O) groups excluding carboxylic acids is 1. The second-order valence-corrected chi connectivity index (χ2v) is 5.72. The molecule has 0 aliphatic carbocycles. The Labute approximate surface area is 167 Å². The second kappa shape index (κ2) is 12.8. The summed E-state index contributed by atoms with van der Waals surface area (Å²) < 4.78 is 10.6. The highest BCUT2D eigenvalue weighted by Gasteiger charge is 2.13. The molecule has 0 radical (unpaired) electrons. The van der Waals surface area contributed by atoms with Crippen molar-refractivity contribution < 1.29 is 14.3 Å². The minimum absolute atomic E-state index is 0. The summed E-state index contributed by atoms with van der Waals surface area (Å²) in [5, 5.41) is 6.39. The van der Waals surface area contributed by atoms with Crippen molar-refractivity contribution in [3.63, 3.8) is 0 Å². The minimum atomic E-state index is -0.272. The van der Waals surface area contributed by atoms with E-state index in [2.05, 4.69) is 15.6 Å². The third-order valence-electron chi connectivity index (χ3n) is 3.45. The van der Waals surface area contributed by atoms with Gasteiger partial charge in [0, 0.05) is 6.54 Å². The Hall–Kier alpha value is -1.51. The van der Waals surface area contributed by atoms with Crippen LogP contribution in [-0.2, 0) is 9.53 Å². The number of halogens is 1. The number of benzene rings is 1. The number of carbonyl (C=O) groups is 1. The topological polar surface area (TPSA) is 72.0 Å². The maximum Gasteiger partial charge on any atom is 0.310 e. The highest BCUT2D eigenvalue weighted by Crippen LogP contribution is 2.17. The summed E-state index contributed by atoms with van der Waals surface area (Å²) in [5.41, 5.74) is 1.11. The Bertz CT molecular complexity index is 552. The monoisotopic (exact) mass is 463 g/mol. The number of guanidine groups is 1. The van der Waals surface area contributed by atoms with Crippen molar-refractivity contribution >= 4 is 35.9 Å². The lowest BCUT2D eigenvalue weighted by atomic mass is 10.2.